The van der Waals surface area contributed by atoms with Gasteiger partial charge in [0.2, 0.25) is 0 Å². The van der Waals surface area contributed by atoms with Crippen LogP contribution in [0.25, 0.3) is 0 Å². The summed E-state index contributed by atoms with van der Waals surface area (Å²) < 4.78 is 0. The van der Waals surface area contributed by atoms with Gasteiger partial charge in [-0.25, -0.2) is 0 Å². The number of halogens is 1. The van der Waals surface area contributed by atoms with Crippen molar-refractivity contribution in [3.8, 4) is 0 Å². The Bertz CT molecular complexity index is 372. The molecule has 1 aliphatic heterocycles. The molecule has 1 heterocycles. The molecule has 0 aromatic heterocycles. The van der Waals surface area contributed by atoms with E-state index in [1.54, 1.807) is 0 Å². The monoisotopic (exact) mass is 279 g/mol. The lowest BCUT2D eigenvalue weighted by Gasteiger charge is -2.15. The molecule has 16 heavy (non-hydrogen) atoms. The molecule has 0 fully saturated rings. The molecule has 1 aliphatic rings. The van der Waals surface area contributed by atoms with Crippen molar-refractivity contribution in [1.29, 1.82) is 0 Å². The lowest BCUT2D eigenvalue weighted by atomic mass is 10.0. The molecule has 1 atom stereocenters. The molecule has 1 aromatic rings. The van der Waals surface area contributed by atoms with Crippen LogP contribution in [-0.4, -0.2) is 16.6 Å². The van der Waals surface area contributed by atoms with Gasteiger partial charge in [0.05, 0.1) is 5.54 Å². The van der Waals surface area contributed by atoms with Crippen molar-refractivity contribution in [3.05, 3.63) is 35.9 Å². The molecule has 0 N–H and O–H groups in total. The number of aliphatic imine (C=N–C) groups is 1. The van der Waals surface area contributed by atoms with Crippen LogP contribution in [0.5, 0.6) is 0 Å². The first-order valence-electron chi connectivity index (χ1n) is 5.89. The van der Waals surface area contributed by atoms with Crippen molar-refractivity contribution in [2.24, 2.45) is 4.99 Å². The molecule has 0 bridgehead atoms. The van der Waals surface area contributed by atoms with E-state index in [2.05, 4.69) is 53.2 Å². The summed E-state index contributed by atoms with van der Waals surface area (Å²) in [5, 5.41) is 0.981. The van der Waals surface area contributed by atoms with E-state index in [-0.39, 0.29) is 5.54 Å². The van der Waals surface area contributed by atoms with Gasteiger partial charge in [-0.05, 0) is 38.2 Å². The molecular formula is C14H18BrN. The van der Waals surface area contributed by atoms with Gasteiger partial charge in [0.25, 0.3) is 0 Å². The molecule has 0 radical (unpaired) electrons. The van der Waals surface area contributed by atoms with Crippen LogP contribution in [0.1, 0.15) is 31.7 Å². The Balaban J connectivity index is 1.90. The third-order valence-electron chi connectivity index (χ3n) is 3.21. The summed E-state index contributed by atoms with van der Waals surface area (Å²) in [7, 11) is 0. The minimum absolute atomic E-state index is 0.159. The van der Waals surface area contributed by atoms with E-state index in [1.165, 1.54) is 24.1 Å². The van der Waals surface area contributed by atoms with Gasteiger partial charge in [-0.2, -0.15) is 0 Å². The van der Waals surface area contributed by atoms with Crippen LogP contribution < -0.4 is 0 Å². The van der Waals surface area contributed by atoms with Gasteiger partial charge in [0.1, 0.15) is 0 Å². The van der Waals surface area contributed by atoms with Crippen LogP contribution in [-0.2, 0) is 6.42 Å². The fraction of sp³-hybridized carbons (Fsp3) is 0.500. The van der Waals surface area contributed by atoms with Crippen LogP contribution in [0.15, 0.2) is 35.3 Å². The molecule has 2 rings (SSSR count). The minimum Gasteiger partial charge on any atom is -0.287 e. The molecule has 0 amide bonds. The zero-order valence-electron chi connectivity index (χ0n) is 9.75. The Morgan fingerprint density at radius 3 is 2.62 bits per heavy atom. The van der Waals surface area contributed by atoms with Gasteiger partial charge in [-0.1, -0.05) is 46.3 Å². The lowest BCUT2D eigenvalue weighted by Crippen LogP contribution is -2.19. The molecule has 0 aliphatic carbocycles. The maximum absolute atomic E-state index is 4.82. The Kier molecular flexibility index (Phi) is 3.80. The Hall–Kier alpha value is -0.630. The van der Waals surface area contributed by atoms with Crippen LogP contribution in [0, 0.1) is 0 Å². The maximum atomic E-state index is 4.82. The number of hydrogen-bond acceptors (Lipinski definition) is 1. The molecule has 0 saturated carbocycles. The Labute approximate surface area is 106 Å². The highest BCUT2D eigenvalue weighted by Gasteiger charge is 2.27. The average Bonchev–Trinajstić information content (AvgIpc) is 2.71. The third kappa shape index (κ3) is 2.94. The number of benzene rings is 1. The second kappa shape index (κ2) is 5.13. The first-order chi connectivity index (χ1) is 7.72. The van der Waals surface area contributed by atoms with Gasteiger partial charge in [0, 0.05) is 11.0 Å². The topological polar surface area (TPSA) is 12.4 Å². The summed E-state index contributed by atoms with van der Waals surface area (Å²) in [6, 6.07) is 10.7. The van der Waals surface area contributed by atoms with E-state index in [0.717, 1.165) is 18.2 Å². The van der Waals surface area contributed by atoms with Crippen molar-refractivity contribution >= 4 is 21.6 Å². The molecule has 1 unspecified atom stereocenters. The SMILES string of the molecule is CC1(CBr)CCC(CCc2ccccc2)=N1. The van der Waals surface area contributed by atoms with E-state index in [4.69, 9.17) is 4.99 Å². The quantitative estimate of drug-likeness (QED) is 0.739. The van der Waals surface area contributed by atoms with E-state index in [0.29, 0.717) is 0 Å². The minimum atomic E-state index is 0.159. The highest BCUT2D eigenvalue weighted by Crippen LogP contribution is 2.28. The van der Waals surface area contributed by atoms with Crippen LogP contribution in [0.4, 0.5) is 0 Å². The lowest BCUT2D eigenvalue weighted by molar-refractivity contribution is 0.535. The molecule has 86 valence electrons. The predicted molar refractivity (Wildman–Crippen MR) is 73.6 cm³/mol. The highest BCUT2D eigenvalue weighted by atomic mass is 79.9. The summed E-state index contributed by atoms with van der Waals surface area (Å²) in [6.07, 6.45) is 4.61. The van der Waals surface area contributed by atoms with Gasteiger partial charge < -0.3 is 0 Å². The van der Waals surface area contributed by atoms with Gasteiger partial charge >= 0.3 is 0 Å². The number of rotatable bonds is 4. The first-order valence-corrected chi connectivity index (χ1v) is 7.01. The summed E-state index contributed by atoms with van der Waals surface area (Å²) in [5.41, 5.74) is 2.97. The van der Waals surface area contributed by atoms with E-state index >= 15 is 0 Å². The summed E-state index contributed by atoms with van der Waals surface area (Å²) in [4.78, 5) is 4.82. The van der Waals surface area contributed by atoms with Gasteiger partial charge in [-0.3, -0.25) is 4.99 Å². The van der Waals surface area contributed by atoms with E-state index < -0.39 is 0 Å². The molecule has 2 heteroatoms. The largest absolute Gasteiger partial charge is 0.287 e. The average molecular weight is 280 g/mol. The molecule has 1 nitrogen and oxygen atoms in total. The van der Waals surface area contributed by atoms with E-state index in [9.17, 15) is 0 Å². The Morgan fingerprint density at radius 2 is 2.00 bits per heavy atom. The van der Waals surface area contributed by atoms with Crippen LogP contribution in [0.2, 0.25) is 0 Å². The second-order valence-corrected chi connectivity index (χ2v) is 5.35. The fourth-order valence-corrected chi connectivity index (χ4v) is 2.52. The molecular weight excluding hydrogens is 262 g/mol. The highest BCUT2D eigenvalue weighted by molar-refractivity contribution is 9.09. The van der Waals surface area contributed by atoms with Crippen molar-refractivity contribution in [1.82, 2.24) is 0 Å². The van der Waals surface area contributed by atoms with Crippen molar-refractivity contribution in [2.75, 3.05) is 5.33 Å². The molecule has 0 spiro atoms. The zero-order chi connectivity index (χ0) is 11.4. The van der Waals surface area contributed by atoms with Crippen molar-refractivity contribution in [2.45, 2.75) is 38.1 Å². The zero-order valence-corrected chi connectivity index (χ0v) is 11.3. The van der Waals surface area contributed by atoms with Gasteiger partial charge in [-0.15, -0.1) is 0 Å². The number of nitrogens with zero attached hydrogens (tertiary/aromatic N) is 1. The normalized spacial score (nSPS) is 24.5. The Morgan fingerprint density at radius 1 is 1.25 bits per heavy atom. The maximum Gasteiger partial charge on any atom is 0.0679 e. The summed E-state index contributed by atoms with van der Waals surface area (Å²) in [5.74, 6) is 0. The first kappa shape index (κ1) is 11.8. The molecule has 0 saturated heterocycles. The van der Waals surface area contributed by atoms with E-state index in [1.807, 2.05) is 0 Å². The van der Waals surface area contributed by atoms with Crippen molar-refractivity contribution in [3.63, 3.8) is 0 Å². The summed E-state index contributed by atoms with van der Waals surface area (Å²) >= 11 is 3.55. The predicted octanol–water partition coefficient (Wildman–Crippen LogP) is 4.01. The number of aryl methyl sites for hydroxylation is 1. The smallest absolute Gasteiger partial charge is 0.0679 e. The third-order valence-corrected chi connectivity index (χ3v) is 4.42. The van der Waals surface area contributed by atoms with Crippen LogP contribution >= 0.6 is 15.9 Å². The van der Waals surface area contributed by atoms with Gasteiger partial charge in [0.15, 0.2) is 0 Å². The standard InChI is InChI=1S/C14H18BrN/c1-14(11-15)10-9-13(16-14)8-7-12-5-3-2-4-6-12/h2-6H,7-11H2,1H3. The van der Waals surface area contributed by atoms with Crippen LogP contribution in [0.3, 0.4) is 0 Å². The fourth-order valence-electron chi connectivity index (χ4n) is 2.12. The number of alkyl halides is 1. The summed E-state index contributed by atoms with van der Waals surface area (Å²) in [6.45, 7) is 2.23. The molecule has 1 aromatic carbocycles. The van der Waals surface area contributed by atoms with Crippen molar-refractivity contribution < 1.29 is 0 Å². The number of hydrogen-bond donors (Lipinski definition) is 0. The second-order valence-electron chi connectivity index (χ2n) is 4.79.